The van der Waals surface area contributed by atoms with Crippen LogP contribution < -0.4 is 11.2 Å². The molecule has 3 rings (SSSR count). The molecule has 6 nitrogen and oxygen atoms in total. The number of amides is 1. The van der Waals surface area contributed by atoms with Crippen molar-refractivity contribution >= 4 is 17.7 Å². The lowest BCUT2D eigenvalue weighted by Gasteiger charge is -2.10. The number of imidazole rings is 1. The highest BCUT2D eigenvalue weighted by atomic mass is 32.2. The molecule has 7 heteroatoms. The minimum Gasteiger partial charge on any atom is -0.376 e. The quantitative estimate of drug-likeness (QED) is 0.621. The summed E-state index contributed by atoms with van der Waals surface area (Å²) in [6, 6.07) is 9.82. The third-order valence-electron chi connectivity index (χ3n) is 3.65. The van der Waals surface area contributed by atoms with Crippen LogP contribution in [-0.2, 0) is 9.53 Å². The molecule has 2 heterocycles. The van der Waals surface area contributed by atoms with Gasteiger partial charge in [0, 0.05) is 18.7 Å². The highest BCUT2D eigenvalue weighted by molar-refractivity contribution is 7.99. The van der Waals surface area contributed by atoms with E-state index >= 15 is 0 Å². The summed E-state index contributed by atoms with van der Waals surface area (Å²) in [5, 5.41) is 3.51. The highest BCUT2D eigenvalue weighted by Gasteiger charge is 2.16. The highest BCUT2D eigenvalue weighted by Crippen LogP contribution is 2.22. The van der Waals surface area contributed by atoms with Gasteiger partial charge in [-0.05, 0) is 12.8 Å². The molecule has 1 aromatic heterocycles. The molecule has 1 aliphatic heterocycles. The Morgan fingerprint density at radius 2 is 2.26 bits per heavy atom. The smallest absolute Gasteiger partial charge is 0.230 e. The zero-order valence-corrected chi connectivity index (χ0v) is 13.6. The predicted molar refractivity (Wildman–Crippen MR) is 90.5 cm³/mol. The van der Waals surface area contributed by atoms with Gasteiger partial charge < -0.3 is 15.9 Å². The minimum atomic E-state index is -0.0326. The van der Waals surface area contributed by atoms with Gasteiger partial charge in [-0.25, -0.2) is 9.66 Å². The second-order valence-corrected chi connectivity index (χ2v) is 6.35. The average Bonchev–Trinajstić information content (AvgIpc) is 3.21. The Morgan fingerprint density at radius 1 is 1.43 bits per heavy atom. The Morgan fingerprint density at radius 3 is 3.00 bits per heavy atom. The van der Waals surface area contributed by atoms with Crippen LogP contribution >= 0.6 is 11.8 Å². The van der Waals surface area contributed by atoms with Gasteiger partial charge in [0.05, 0.1) is 23.7 Å². The van der Waals surface area contributed by atoms with Crippen molar-refractivity contribution in [2.45, 2.75) is 24.1 Å². The summed E-state index contributed by atoms with van der Waals surface area (Å²) in [6.07, 6.45) is 4.01. The van der Waals surface area contributed by atoms with E-state index in [0.29, 0.717) is 11.7 Å². The normalized spacial score (nSPS) is 17.3. The van der Waals surface area contributed by atoms with Crippen LogP contribution in [0.4, 0.5) is 0 Å². The Labute approximate surface area is 139 Å². The number of rotatable bonds is 6. The number of aromatic nitrogens is 2. The van der Waals surface area contributed by atoms with Crippen LogP contribution in [0, 0.1) is 0 Å². The first-order valence-electron chi connectivity index (χ1n) is 7.63. The molecule has 1 fully saturated rings. The van der Waals surface area contributed by atoms with Gasteiger partial charge in [-0.3, -0.25) is 4.79 Å². The summed E-state index contributed by atoms with van der Waals surface area (Å²) in [5.74, 6) is 6.17. The standard InChI is InChI=1S/C16H20N4O2S/c17-20-10-14(12-5-2-1-3-6-12)19-16(20)23-11-15(21)18-9-13-7-4-8-22-13/h1-3,5-6,10,13H,4,7-9,11,17H2,(H,18,21)/t13-/m1/s1. The third-order valence-corrected chi connectivity index (χ3v) is 4.62. The van der Waals surface area contributed by atoms with Gasteiger partial charge in [0.25, 0.3) is 0 Å². The number of carbonyl (C=O) groups excluding carboxylic acids is 1. The maximum Gasteiger partial charge on any atom is 0.230 e. The number of nitrogens with two attached hydrogens (primary N) is 1. The maximum atomic E-state index is 11.9. The molecular weight excluding hydrogens is 312 g/mol. The predicted octanol–water partition coefficient (Wildman–Crippen LogP) is 1.65. The van der Waals surface area contributed by atoms with Crippen LogP contribution in [-0.4, -0.2) is 40.6 Å². The van der Waals surface area contributed by atoms with Crippen molar-refractivity contribution in [2.75, 3.05) is 24.7 Å². The second-order valence-electron chi connectivity index (χ2n) is 5.41. The van der Waals surface area contributed by atoms with Crippen molar-refractivity contribution in [2.24, 2.45) is 0 Å². The summed E-state index contributed by atoms with van der Waals surface area (Å²) >= 11 is 1.33. The monoisotopic (exact) mass is 332 g/mol. The van der Waals surface area contributed by atoms with Gasteiger partial charge in [-0.15, -0.1) is 0 Å². The molecular formula is C16H20N4O2S. The number of hydrogen-bond donors (Lipinski definition) is 2. The van der Waals surface area contributed by atoms with E-state index in [9.17, 15) is 4.79 Å². The summed E-state index contributed by atoms with van der Waals surface area (Å²) in [7, 11) is 0. The maximum absolute atomic E-state index is 11.9. The number of benzene rings is 1. The SMILES string of the molecule is Nn1cc(-c2ccccc2)nc1SCC(=O)NC[C@H]1CCCO1. The van der Waals surface area contributed by atoms with Gasteiger partial charge >= 0.3 is 0 Å². The van der Waals surface area contributed by atoms with Crippen LogP contribution in [0.2, 0.25) is 0 Å². The molecule has 2 aromatic rings. The second kappa shape index (κ2) is 7.52. The van der Waals surface area contributed by atoms with E-state index in [0.717, 1.165) is 30.7 Å². The number of nitrogens with zero attached hydrogens (tertiary/aromatic N) is 2. The van der Waals surface area contributed by atoms with E-state index in [1.165, 1.54) is 16.4 Å². The summed E-state index contributed by atoms with van der Waals surface area (Å²) < 4.78 is 6.94. The Kier molecular flexibility index (Phi) is 5.19. The topological polar surface area (TPSA) is 82.2 Å². The molecule has 0 saturated carbocycles. The van der Waals surface area contributed by atoms with Gasteiger partial charge in [-0.1, -0.05) is 42.1 Å². The van der Waals surface area contributed by atoms with Crippen molar-refractivity contribution in [3.05, 3.63) is 36.5 Å². The van der Waals surface area contributed by atoms with Crippen molar-refractivity contribution in [1.29, 1.82) is 0 Å². The molecule has 0 unspecified atom stereocenters. The van der Waals surface area contributed by atoms with E-state index in [1.807, 2.05) is 30.3 Å². The molecule has 122 valence electrons. The van der Waals surface area contributed by atoms with E-state index in [2.05, 4.69) is 10.3 Å². The first-order valence-corrected chi connectivity index (χ1v) is 8.62. The lowest BCUT2D eigenvalue weighted by molar-refractivity contribution is -0.119. The van der Waals surface area contributed by atoms with E-state index in [4.69, 9.17) is 10.6 Å². The molecule has 0 spiro atoms. The zero-order chi connectivity index (χ0) is 16.1. The van der Waals surface area contributed by atoms with Crippen LogP contribution in [0.15, 0.2) is 41.7 Å². The largest absolute Gasteiger partial charge is 0.376 e. The molecule has 1 aromatic carbocycles. The Hall–Kier alpha value is -1.99. The van der Waals surface area contributed by atoms with Gasteiger partial charge in [0.15, 0.2) is 5.16 Å². The number of nitrogen functional groups attached to an aromatic ring is 1. The van der Waals surface area contributed by atoms with Gasteiger partial charge in [-0.2, -0.15) is 0 Å². The van der Waals surface area contributed by atoms with Crippen LogP contribution in [0.3, 0.4) is 0 Å². The fraction of sp³-hybridized carbons (Fsp3) is 0.375. The number of hydrogen-bond acceptors (Lipinski definition) is 5. The molecule has 1 amide bonds. The molecule has 1 aliphatic rings. The van der Waals surface area contributed by atoms with Crippen molar-refractivity contribution in [3.63, 3.8) is 0 Å². The first kappa shape index (κ1) is 15.9. The zero-order valence-electron chi connectivity index (χ0n) is 12.8. The summed E-state index contributed by atoms with van der Waals surface area (Å²) in [6.45, 7) is 1.37. The van der Waals surface area contributed by atoms with Crippen LogP contribution in [0.25, 0.3) is 11.3 Å². The van der Waals surface area contributed by atoms with E-state index in [-0.39, 0.29) is 17.8 Å². The molecule has 0 aliphatic carbocycles. The summed E-state index contributed by atoms with van der Waals surface area (Å²) in [4.78, 5) is 16.4. The molecule has 0 bridgehead atoms. The number of nitrogens with one attached hydrogen (secondary N) is 1. The molecule has 1 saturated heterocycles. The number of carbonyl (C=O) groups is 1. The van der Waals surface area contributed by atoms with Gasteiger partial charge in [0.1, 0.15) is 0 Å². The fourth-order valence-corrected chi connectivity index (χ4v) is 3.17. The Bertz CT molecular complexity index is 653. The minimum absolute atomic E-state index is 0.0326. The molecule has 23 heavy (non-hydrogen) atoms. The average molecular weight is 332 g/mol. The van der Waals surface area contributed by atoms with Gasteiger partial charge in [0.2, 0.25) is 5.91 Å². The van der Waals surface area contributed by atoms with Crippen LogP contribution in [0.5, 0.6) is 0 Å². The summed E-state index contributed by atoms with van der Waals surface area (Å²) in [5.41, 5.74) is 1.80. The molecule has 1 atom stereocenters. The lowest BCUT2D eigenvalue weighted by atomic mass is 10.2. The van der Waals surface area contributed by atoms with Crippen molar-refractivity contribution in [1.82, 2.24) is 15.0 Å². The van der Waals surface area contributed by atoms with Crippen molar-refractivity contribution in [3.8, 4) is 11.3 Å². The number of thioether (sulfide) groups is 1. The Balaban J connectivity index is 1.52. The van der Waals surface area contributed by atoms with Crippen molar-refractivity contribution < 1.29 is 9.53 Å². The lowest BCUT2D eigenvalue weighted by Crippen LogP contribution is -2.33. The third kappa shape index (κ3) is 4.27. The van der Waals surface area contributed by atoms with E-state index in [1.54, 1.807) is 6.20 Å². The molecule has 0 radical (unpaired) electrons. The first-order chi connectivity index (χ1) is 11.2. The van der Waals surface area contributed by atoms with Crippen LogP contribution in [0.1, 0.15) is 12.8 Å². The fourth-order valence-electron chi connectivity index (χ4n) is 2.45. The molecule has 3 N–H and O–H groups in total. The van der Waals surface area contributed by atoms with E-state index < -0.39 is 0 Å². The number of ether oxygens (including phenoxy) is 1.